The molecule has 1 unspecified atom stereocenters. The number of nitrogens with zero attached hydrogens (tertiary/aromatic N) is 4. The molecule has 2 aliphatic heterocycles. The minimum atomic E-state index is -4.49. The van der Waals surface area contributed by atoms with E-state index in [0.29, 0.717) is 30.0 Å². The van der Waals surface area contributed by atoms with Crippen molar-refractivity contribution in [1.29, 1.82) is 0 Å². The van der Waals surface area contributed by atoms with Gasteiger partial charge in [0.2, 0.25) is 5.95 Å². The number of hydrogen-bond donors (Lipinski definition) is 0. The summed E-state index contributed by atoms with van der Waals surface area (Å²) in [5.74, 6) is 0.852. The van der Waals surface area contributed by atoms with E-state index in [1.165, 1.54) is 0 Å². The molecule has 0 radical (unpaired) electrons. The zero-order chi connectivity index (χ0) is 21.6. The molecule has 4 rings (SSSR count). The zero-order valence-corrected chi connectivity index (χ0v) is 18.4. The van der Waals surface area contributed by atoms with Crippen molar-refractivity contribution >= 4 is 23.2 Å². The highest BCUT2D eigenvalue weighted by Crippen LogP contribution is 2.41. The molecule has 8 heteroatoms. The molecule has 164 valence electrons. The Morgan fingerprint density at radius 2 is 1.90 bits per heavy atom. The van der Waals surface area contributed by atoms with Crippen molar-refractivity contribution in [2.75, 3.05) is 24.5 Å². The van der Waals surface area contributed by atoms with Crippen LogP contribution in [0.1, 0.15) is 48.7 Å². The van der Waals surface area contributed by atoms with Gasteiger partial charge in [-0.1, -0.05) is 24.6 Å². The third-order valence-corrected chi connectivity index (χ3v) is 6.40. The molecule has 30 heavy (non-hydrogen) atoms. The van der Waals surface area contributed by atoms with Crippen LogP contribution in [0.5, 0.6) is 0 Å². The Kier molecular flexibility index (Phi) is 5.79. The Morgan fingerprint density at radius 3 is 2.57 bits per heavy atom. The van der Waals surface area contributed by atoms with Crippen molar-refractivity contribution in [2.24, 2.45) is 5.92 Å². The van der Waals surface area contributed by atoms with Crippen LogP contribution in [0.2, 0.25) is 5.02 Å². The largest absolute Gasteiger partial charge is 0.435 e. The lowest BCUT2D eigenvalue weighted by molar-refractivity contribution is -0.141. The molecule has 2 aromatic rings. The summed E-state index contributed by atoms with van der Waals surface area (Å²) in [5.41, 5.74) is 2.23. The van der Waals surface area contributed by atoms with E-state index < -0.39 is 11.9 Å². The average molecular weight is 441 g/mol. The molecule has 0 N–H and O–H groups in total. The van der Waals surface area contributed by atoms with Crippen LogP contribution in [-0.2, 0) is 19.3 Å². The molecular formula is C22H28ClF3N4. The van der Waals surface area contributed by atoms with Gasteiger partial charge in [-0.05, 0) is 62.8 Å². The third-order valence-electron chi connectivity index (χ3n) is 6.11. The molecule has 0 aliphatic carbocycles. The van der Waals surface area contributed by atoms with E-state index in [1.54, 1.807) is 4.57 Å². The van der Waals surface area contributed by atoms with E-state index in [2.05, 4.69) is 16.8 Å². The maximum absolute atomic E-state index is 14.0. The first kappa shape index (κ1) is 21.5. The Balaban J connectivity index is 1.79. The van der Waals surface area contributed by atoms with Gasteiger partial charge in [-0.25, -0.2) is 4.98 Å². The average Bonchev–Trinajstić information content (AvgIpc) is 3.01. The summed E-state index contributed by atoms with van der Waals surface area (Å²) in [6.07, 6.45) is -1.59. The van der Waals surface area contributed by atoms with Crippen molar-refractivity contribution in [2.45, 2.75) is 59.3 Å². The number of benzene rings is 1. The predicted molar refractivity (Wildman–Crippen MR) is 113 cm³/mol. The monoisotopic (exact) mass is 440 g/mol. The number of likely N-dealkylation sites (tertiary alicyclic amines) is 1. The number of imidazole rings is 1. The number of fused-ring (bicyclic) bond motifs is 1. The van der Waals surface area contributed by atoms with E-state index in [0.717, 1.165) is 49.2 Å². The van der Waals surface area contributed by atoms with Gasteiger partial charge in [-0.2, -0.15) is 13.2 Å². The Labute approximate surface area is 180 Å². The number of rotatable bonds is 3. The lowest BCUT2D eigenvalue weighted by Gasteiger charge is -2.34. The fourth-order valence-electron chi connectivity index (χ4n) is 4.89. The van der Waals surface area contributed by atoms with E-state index >= 15 is 0 Å². The molecule has 1 atom stereocenters. The van der Waals surface area contributed by atoms with Crippen molar-refractivity contribution < 1.29 is 13.2 Å². The van der Waals surface area contributed by atoms with Gasteiger partial charge in [0.1, 0.15) is 0 Å². The van der Waals surface area contributed by atoms with Gasteiger partial charge >= 0.3 is 6.18 Å². The van der Waals surface area contributed by atoms with Gasteiger partial charge in [0.05, 0.1) is 16.4 Å². The summed E-state index contributed by atoms with van der Waals surface area (Å²) in [7, 11) is 0. The topological polar surface area (TPSA) is 24.3 Å². The molecule has 0 amide bonds. The van der Waals surface area contributed by atoms with Gasteiger partial charge in [0.25, 0.3) is 0 Å². The summed E-state index contributed by atoms with van der Waals surface area (Å²) in [6.45, 7) is 9.12. The number of halogens is 4. The molecule has 0 bridgehead atoms. The number of aryl methyl sites for hydroxylation is 2. The number of aromatic nitrogens is 2. The molecule has 1 aromatic carbocycles. The lowest BCUT2D eigenvalue weighted by atomic mass is 10.00. The molecule has 3 heterocycles. The summed E-state index contributed by atoms with van der Waals surface area (Å²) >= 11 is 6.53. The first-order valence-corrected chi connectivity index (χ1v) is 11.0. The van der Waals surface area contributed by atoms with Gasteiger partial charge in [0.15, 0.2) is 5.69 Å². The number of alkyl halides is 3. The summed E-state index contributed by atoms with van der Waals surface area (Å²) < 4.78 is 43.7. The SMILES string of the molecule is Cc1cc(C)c(N2CCCn3c2nc(C(F)(F)F)c3CN2CCCC(C)C2)c(Cl)c1. The summed E-state index contributed by atoms with van der Waals surface area (Å²) in [5, 5.41) is 0.545. The molecule has 1 fully saturated rings. The second kappa shape index (κ2) is 8.08. The quantitative estimate of drug-likeness (QED) is 0.589. The van der Waals surface area contributed by atoms with Crippen molar-refractivity contribution in [3.63, 3.8) is 0 Å². The molecule has 1 saturated heterocycles. The summed E-state index contributed by atoms with van der Waals surface area (Å²) in [4.78, 5) is 8.14. The minimum Gasteiger partial charge on any atom is -0.312 e. The highest BCUT2D eigenvalue weighted by atomic mass is 35.5. The van der Waals surface area contributed by atoms with Crippen molar-refractivity contribution in [3.05, 3.63) is 39.7 Å². The van der Waals surface area contributed by atoms with Crippen LogP contribution in [0.25, 0.3) is 0 Å². The highest BCUT2D eigenvalue weighted by molar-refractivity contribution is 6.33. The smallest absolute Gasteiger partial charge is 0.312 e. The molecule has 4 nitrogen and oxygen atoms in total. The first-order valence-electron chi connectivity index (χ1n) is 10.6. The molecular weight excluding hydrogens is 413 g/mol. The maximum Gasteiger partial charge on any atom is 0.435 e. The van der Waals surface area contributed by atoms with Crippen molar-refractivity contribution in [3.8, 4) is 0 Å². The molecule has 2 aliphatic rings. The minimum absolute atomic E-state index is 0.275. The van der Waals surface area contributed by atoms with E-state index in [1.807, 2.05) is 30.9 Å². The van der Waals surface area contributed by atoms with Gasteiger partial charge in [-0.15, -0.1) is 0 Å². The Morgan fingerprint density at radius 1 is 1.13 bits per heavy atom. The van der Waals surface area contributed by atoms with Crippen LogP contribution < -0.4 is 4.90 Å². The van der Waals surface area contributed by atoms with E-state index in [9.17, 15) is 13.2 Å². The second-order valence-corrected chi connectivity index (χ2v) is 9.16. The van der Waals surface area contributed by atoms with Crippen LogP contribution in [0.4, 0.5) is 24.8 Å². The van der Waals surface area contributed by atoms with Gasteiger partial charge in [0, 0.05) is 26.2 Å². The number of anilines is 2. The molecule has 1 aromatic heterocycles. The van der Waals surface area contributed by atoms with Gasteiger partial charge in [-0.3, -0.25) is 4.90 Å². The van der Waals surface area contributed by atoms with Crippen LogP contribution in [-0.4, -0.2) is 34.1 Å². The van der Waals surface area contributed by atoms with Gasteiger partial charge < -0.3 is 9.47 Å². The number of hydrogen-bond acceptors (Lipinski definition) is 3. The van der Waals surface area contributed by atoms with Crippen LogP contribution in [0.15, 0.2) is 12.1 Å². The predicted octanol–water partition coefficient (Wildman–Crippen LogP) is 5.95. The maximum atomic E-state index is 14.0. The Bertz CT molecular complexity index is 914. The fourth-order valence-corrected chi connectivity index (χ4v) is 5.32. The number of piperidine rings is 1. The lowest BCUT2D eigenvalue weighted by Crippen LogP contribution is -2.36. The zero-order valence-electron chi connectivity index (χ0n) is 17.7. The van der Waals surface area contributed by atoms with Crippen LogP contribution in [0, 0.1) is 19.8 Å². The highest BCUT2D eigenvalue weighted by Gasteiger charge is 2.41. The third kappa shape index (κ3) is 4.06. The molecule has 0 spiro atoms. The van der Waals surface area contributed by atoms with Crippen molar-refractivity contribution in [1.82, 2.24) is 14.5 Å². The fraction of sp³-hybridized carbons (Fsp3) is 0.591. The van der Waals surface area contributed by atoms with Crippen LogP contribution in [0.3, 0.4) is 0 Å². The second-order valence-electron chi connectivity index (χ2n) is 8.76. The normalized spacial score (nSPS) is 20.5. The Hall–Kier alpha value is -1.73. The van der Waals surface area contributed by atoms with E-state index in [-0.39, 0.29) is 12.2 Å². The molecule has 0 saturated carbocycles. The summed E-state index contributed by atoms with van der Waals surface area (Å²) in [6, 6.07) is 3.86. The van der Waals surface area contributed by atoms with Crippen LogP contribution >= 0.6 is 11.6 Å². The van der Waals surface area contributed by atoms with E-state index in [4.69, 9.17) is 11.6 Å². The first-order chi connectivity index (χ1) is 14.1. The standard InChI is InChI=1S/C22H28ClF3N4/c1-14-6-4-7-28(12-14)13-18-20(22(24,25)26)27-21-29(18)8-5-9-30(21)19-16(3)10-15(2)11-17(19)23/h10-11,14H,4-9,12-13H2,1-3H3.